The summed E-state index contributed by atoms with van der Waals surface area (Å²) in [5.41, 5.74) is 0. The first-order valence-electron chi connectivity index (χ1n) is 3.55. The fraction of sp³-hybridized carbons (Fsp3) is 0.750. The van der Waals surface area contributed by atoms with Gasteiger partial charge in [0.15, 0.2) is 0 Å². The lowest BCUT2D eigenvalue weighted by Crippen LogP contribution is -1.91. The molecule has 0 aliphatic heterocycles. The highest BCUT2D eigenvalue weighted by Gasteiger charge is 1.93. The lowest BCUT2D eigenvalue weighted by Gasteiger charge is -2.01. The Bertz CT molecular complexity index is 76.6. The molecule has 0 aromatic rings. The molecule has 1 N–H and O–H groups in total. The Kier molecular flexibility index (Phi) is 5.64. The van der Waals surface area contributed by atoms with E-state index in [-0.39, 0.29) is 0 Å². The van der Waals surface area contributed by atoms with Crippen LogP contribution in [-0.2, 0) is 0 Å². The number of aliphatic hydroxyl groups is 1. The van der Waals surface area contributed by atoms with E-state index in [0.29, 0.717) is 12.5 Å². The van der Waals surface area contributed by atoms with Crippen molar-refractivity contribution in [2.75, 3.05) is 6.61 Å². The van der Waals surface area contributed by atoms with Crippen LogP contribution in [0.15, 0.2) is 12.2 Å². The Balaban J connectivity index is 3.15. The van der Waals surface area contributed by atoms with Crippen LogP contribution in [0.1, 0.15) is 26.7 Å². The summed E-state index contributed by atoms with van der Waals surface area (Å²) in [5, 5.41) is 8.46. The van der Waals surface area contributed by atoms with Crippen LogP contribution < -0.4 is 0 Å². The van der Waals surface area contributed by atoms with E-state index in [1.54, 1.807) is 0 Å². The molecular formula is C8H16O. The average Bonchev–Trinajstić information content (AvgIpc) is 1.85. The second-order valence-corrected chi connectivity index (χ2v) is 2.37. The van der Waals surface area contributed by atoms with Gasteiger partial charge in [-0.3, -0.25) is 0 Å². The molecule has 0 bridgehead atoms. The molecular weight excluding hydrogens is 112 g/mol. The third-order valence-electron chi connectivity index (χ3n) is 1.34. The highest BCUT2D eigenvalue weighted by Crippen LogP contribution is 2.05. The second kappa shape index (κ2) is 5.83. The first-order valence-corrected chi connectivity index (χ1v) is 3.55. The summed E-state index contributed by atoms with van der Waals surface area (Å²) < 4.78 is 0. The molecule has 0 spiro atoms. The Morgan fingerprint density at radius 2 is 2.22 bits per heavy atom. The van der Waals surface area contributed by atoms with Crippen molar-refractivity contribution >= 4 is 0 Å². The molecule has 0 amide bonds. The maximum Gasteiger partial charge on any atom is 0.0431 e. The predicted molar refractivity (Wildman–Crippen MR) is 40.3 cm³/mol. The molecule has 1 atom stereocenters. The summed E-state index contributed by atoms with van der Waals surface area (Å²) in [7, 11) is 0. The molecule has 0 rings (SSSR count). The van der Waals surface area contributed by atoms with Crippen molar-refractivity contribution in [2.45, 2.75) is 26.7 Å². The van der Waals surface area contributed by atoms with Crippen molar-refractivity contribution in [1.29, 1.82) is 0 Å². The van der Waals surface area contributed by atoms with E-state index in [4.69, 9.17) is 5.11 Å². The zero-order valence-corrected chi connectivity index (χ0v) is 6.30. The molecule has 1 unspecified atom stereocenters. The fourth-order valence-corrected chi connectivity index (χ4v) is 0.838. The van der Waals surface area contributed by atoms with Crippen molar-refractivity contribution < 1.29 is 5.11 Å². The molecule has 0 aromatic heterocycles. The minimum absolute atomic E-state index is 0.321. The van der Waals surface area contributed by atoms with Gasteiger partial charge in [-0.2, -0.15) is 0 Å². The van der Waals surface area contributed by atoms with Gasteiger partial charge in [0.25, 0.3) is 0 Å². The smallest absolute Gasteiger partial charge is 0.0431 e. The van der Waals surface area contributed by atoms with Crippen LogP contribution in [0.5, 0.6) is 0 Å². The molecule has 1 nitrogen and oxygen atoms in total. The number of allylic oxidation sites excluding steroid dienone is 2. The summed E-state index contributed by atoms with van der Waals surface area (Å²) in [6.45, 7) is 4.51. The van der Waals surface area contributed by atoms with E-state index in [2.05, 4.69) is 19.1 Å². The molecule has 9 heavy (non-hydrogen) atoms. The molecule has 1 heteroatoms. The molecule has 0 aromatic carbocycles. The van der Waals surface area contributed by atoms with Crippen LogP contribution in [0.25, 0.3) is 0 Å². The number of hydrogen-bond donors (Lipinski definition) is 1. The van der Waals surface area contributed by atoms with Crippen molar-refractivity contribution in [3.63, 3.8) is 0 Å². The first kappa shape index (κ1) is 8.70. The van der Waals surface area contributed by atoms with E-state index in [9.17, 15) is 0 Å². The molecule has 0 saturated heterocycles. The minimum Gasteiger partial charge on any atom is -0.396 e. The van der Waals surface area contributed by atoms with Crippen molar-refractivity contribution in [3.8, 4) is 0 Å². The van der Waals surface area contributed by atoms with Gasteiger partial charge in [-0.1, -0.05) is 19.1 Å². The third kappa shape index (κ3) is 5.57. The van der Waals surface area contributed by atoms with Gasteiger partial charge in [0.1, 0.15) is 0 Å². The minimum atomic E-state index is 0.321. The van der Waals surface area contributed by atoms with Gasteiger partial charge >= 0.3 is 0 Å². The van der Waals surface area contributed by atoms with E-state index in [1.165, 1.54) is 0 Å². The Hall–Kier alpha value is -0.300. The molecule has 0 heterocycles. The second-order valence-electron chi connectivity index (χ2n) is 2.37. The summed E-state index contributed by atoms with van der Waals surface area (Å²) in [5.74, 6) is 0.627. The SMILES string of the molecule is C/C=C\C(C)CCCO. The number of rotatable bonds is 4. The Labute approximate surface area is 57.4 Å². The maximum atomic E-state index is 8.46. The van der Waals surface area contributed by atoms with Gasteiger partial charge in [0, 0.05) is 6.61 Å². The summed E-state index contributed by atoms with van der Waals surface area (Å²) in [4.78, 5) is 0. The van der Waals surface area contributed by atoms with Crippen molar-refractivity contribution in [2.24, 2.45) is 5.92 Å². The molecule has 0 fully saturated rings. The monoisotopic (exact) mass is 128 g/mol. The first-order chi connectivity index (χ1) is 4.31. The van der Waals surface area contributed by atoms with Crippen LogP contribution >= 0.6 is 0 Å². The van der Waals surface area contributed by atoms with Gasteiger partial charge in [-0.25, -0.2) is 0 Å². The maximum absolute atomic E-state index is 8.46. The van der Waals surface area contributed by atoms with Crippen molar-refractivity contribution in [1.82, 2.24) is 0 Å². The average molecular weight is 128 g/mol. The molecule has 0 radical (unpaired) electrons. The molecule has 0 aliphatic rings. The van der Waals surface area contributed by atoms with Gasteiger partial charge in [-0.05, 0) is 25.7 Å². The van der Waals surface area contributed by atoms with Crippen LogP contribution in [0.2, 0.25) is 0 Å². The quantitative estimate of drug-likeness (QED) is 0.574. The summed E-state index contributed by atoms with van der Waals surface area (Å²) in [6.07, 6.45) is 6.24. The third-order valence-corrected chi connectivity index (χ3v) is 1.34. The molecule has 54 valence electrons. The van der Waals surface area contributed by atoms with E-state index >= 15 is 0 Å². The standard InChI is InChI=1S/C8H16O/c1-3-5-8(2)6-4-7-9/h3,5,8-9H,4,6-7H2,1-2H3/b5-3-. The van der Waals surface area contributed by atoms with Crippen LogP contribution in [0.3, 0.4) is 0 Å². The van der Waals surface area contributed by atoms with Crippen LogP contribution in [0.4, 0.5) is 0 Å². The summed E-state index contributed by atoms with van der Waals surface area (Å²) >= 11 is 0. The highest BCUT2D eigenvalue weighted by molar-refractivity contribution is 4.82. The van der Waals surface area contributed by atoms with E-state index < -0.39 is 0 Å². The van der Waals surface area contributed by atoms with Gasteiger partial charge in [0.05, 0.1) is 0 Å². The molecule has 0 aliphatic carbocycles. The topological polar surface area (TPSA) is 20.2 Å². The normalized spacial score (nSPS) is 14.6. The summed E-state index contributed by atoms with van der Waals surface area (Å²) in [6, 6.07) is 0. The van der Waals surface area contributed by atoms with E-state index in [1.807, 2.05) is 6.92 Å². The largest absolute Gasteiger partial charge is 0.396 e. The van der Waals surface area contributed by atoms with Gasteiger partial charge in [0.2, 0.25) is 0 Å². The number of hydrogen-bond acceptors (Lipinski definition) is 1. The Morgan fingerprint density at radius 1 is 1.56 bits per heavy atom. The fourth-order valence-electron chi connectivity index (χ4n) is 0.838. The van der Waals surface area contributed by atoms with Crippen LogP contribution in [-0.4, -0.2) is 11.7 Å². The van der Waals surface area contributed by atoms with Gasteiger partial charge < -0.3 is 5.11 Å². The zero-order valence-electron chi connectivity index (χ0n) is 6.30. The van der Waals surface area contributed by atoms with Gasteiger partial charge in [-0.15, -0.1) is 0 Å². The number of aliphatic hydroxyl groups excluding tert-OH is 1. The van der Waals surface area contributed by atoms with Crippen molar-refractivity contribution in [3.05, 3.63) is 12.2 Å². The Morgan fingerprint density at radius 3 is 2.67 bits per heavy atom. The predicted octanol–water partition coefficient (Wildman–Crippen LogP) is 1.97. The molecule has 0 saturated carbocycles. The van der Waals surface area contributed by atoms with E-state index in [0.717, 1.165) is 12.8 Å². The van der Waals surface area contributed by atoms with Crippen LogP contribution in [0, 0.1) is 5.92 Å². The lowest BCUT2D eigenvalue weighted by molar-refractivity contribution is 0.279. The highest BCUT2D eigenvalue weighted by atomic mass is 16.2. The zero-order chi connectivity index (χ0) is 7.11. The lowest BCUT2D eigenvalue weighted by atomic mass is 10.1.